The Morgan fingerprint density at radius 1 is 1.00 bits per heavy atom. The number of pyridine rings is 1. The summed E-state index contributed by atoms with van der Waals surface area (Å²) < 4.78 is 35.0. The Labute approximate surface area is 219 Å². The van der Waals surface area contributed by atoms with Crippen LogP contribution in [0.4, 0.5) is 20.4 Å². The molecule has 4 N–H and O–H groups in total. The van der Waals surface area contributed by atoms with E-state index in [9.17, 15) is 23.5 Å². The molecule has 0 radical (unpaired) electrons. The molecule has 5 aromatic rings. The van der Waals surface area contributed by atoms with Gasteiger partial charge in [0.1, 0.15) is 22.9 Å². The van der Waals surface area contributed by atoms with E-state index in [0.29, 0.717) is 16.9 Å². The number of hydrogen-bond acceptors (Lipinski definition) is 7. The van der Waals surface area contributed by atoms with Crippen molar-refractivity contribution in [1.82, 2.24) is 14.5 Å². The fraction of sp³-hybridized carbons (Fsp3) is 0. The average molecular weight is 527 g/mol. The van der Waals surface area contributed by atoms with Gasteiger partial charge >= 0.3 is 0 Å². The number of amides is 1. The molecular weight excluding hydrogens is 508 g/mol. The second-order valence-corrected chi connectivity index (χ2v) is 8.25. The number of anilines is 2. The fourth-order valence-electron chi connectivity index (χ4n) is 3.77. The molecule has 0 aliphatic carbocycles. The smallest absolute Gasteiger partial charge is 0.267 e. The highest BCUT2D eigenvalue weighted by molar-refractivity contribution is 6.04. The predicted molar refractivity (Wildman–Crippen MR) is 140 cm³/mol. The quantitative estimate of drug-likeness (QED) is 0.286. The van der Waals surface area contributed by atoms with Gasteiger partial charge in [-0.25, -0.2) is 18.7 Å². The van der Waals surface area contributed by atoms with Crippen LogP contribution in [0.25, 0.3) is 16.9 Å². The number of benzene rings is 3. The first-order chi connectivity index (χ1) is 18.8. The summed E-state index contributed by atoms with van der Waals surface area (Å²) in [4.78, 5) is 33.5. The van der Waals surface area contributed by atoms with Gasteiger partial charge in [0, 0.05) is 35.4 Å². The molecular formula is C28H19F2N5O4. The summed E-state index contributed by atoms with van der Waals surface area (Å²) in [5.41, 5.74) is 5.92. The number of rotatable bonds is 6. The second kappa shape index (κ2) is 10.4. The molecule has 9 nitrogen and oxygen atoms in total. The van der Waals surface area contributed by atoms with Crippen LogP contribution in [0.15, 0.2) is 96.1 Å². The van der Waals surface area contributed by atoms with Crippen LogP contribution in [0.2, 0.25) is 0 Å². The number of carbonyl (C=O) groups excluding carboxylic acids is 1. The van der Waals surface area contributed by atoms with Crippen LogP contribution in [0.3, 0.4) is 0 Å². The number of nitrogens with one attached hydrogen (secondary N) is 1. The Kier molecular flexibility index (Phi) is 6.70. The van der Waals surface area contributed by atoms with Crippen molar-refractivity contribution in [2.75, 3.05) is 11.1 Å². The monoisotopic (exact) mass is 527 g/mol. The zero-order chi connectivity index (χ0) is 27.5. The van der Waals surface area contributed by atoms with E-state index in [-0.39, 0.29) is 34.4 Å². The number of aromatic hydroxyl groups is 1. The lowest BCUT2D eigenvalue weighted by atomic mass is 10.1. The summed E-state index contributed by atoms with van der Waals surface area (Å²) in [6.45, 7) is 0. The van der Waals surface area contributed by atoms with Crippen molar-refractivity contribution >= 4 is 17.5 Å². The molecule has 0 fully saturated rings. The van der Waals surface area contributed by atoms with Crippen molar-refractivity contribution in [2.24, 2.45) is 0 Å². The number of phenolic OH excluding ortho intramolecular Hbond substituents is 1. The van der Waals surface area contributed by atoms with Gasteiger partial charge in [0.2, 0.25) is 5.95 Å². The van der Waals surface area contributed by atoms with Crippen LogP contribution in [-0.2, 0) is 0 Å². The number of nitrogens with zero attached hydrogens (tertiary/aromatic N) is 3. The summed E-state index contributed by atoms with van der Waals surface area (Å²) in [6, 6.07) is 17.6. The van der Waals surface area contributed by atoms with E-state index < -0.39 is 23.1 Å². The van der Waals surface area contributed by atoms with Crippen molar-refractivity contribution < 1.29 is 23.4 Å². The number of ether oxygens (including phenoxy) is 1. The molecule has 0 spiro atoms. The summed E-state index contributed by atoms with van der Waals surface area (Å²) in [5.74, 6) is -2.00. The van der Waals surface area contributed by atoms with E-state index in [2.05, 4.69) is 15.3 Å². The van der Waals surface area contributed by atoms with Gasteiger partial charge < -0.3 is 20.9 Å². The lowest BCUT2D eigenvalue weighted by molar-refractivity contribution is 0.102. The van der Waals surface area contributed by atoms with Crippen LogP contribution < -0.4 is 21.3 Å². The van der Waals surface area contributed by atoms with Crippen LogP contribution in [0, 0.1) is 11.6 Å². The SMILES string of the molecule is Nc1nccc(-c2cc(Oc3ccc(NC(=O)c4cccn(-c5ccc(F)cc5)c4=O)cc3F)ccc2O)n1. The Balaban J connectivity index is 1.34. The van der Waals surface area contributed by atoms with Crippen molar-refractivity contribution in [3.05, 3.63) is 119 Å². The van der Waals surface area contributed by atoms with E-state index in [1.54, 1.807) is 6.07 Å². The zero-order valence-corrected chi connectivity index (χ0v) is 20.0. The number of hydrogen-bond donors (Lipinski definition) is 3. The molecule has 194 valence electrons. The van der Waals surface area contributed by atoms with Crippen LogP contribution in [-0.4, -0.2) is 25.5 Å². The number of aromatic nitrogens is 3. The number of nitrogens with two attached hydrogens (primary N) is 1. The molecule has 0 atom stereocenters. The number of halogens is 2. The standard InChI is InChI=1S/C28H19F2N5O4/c29-16-3-6-18(7-4-16)35-13-1-2-20(27(35)38)26(37)33-17-5-10-25(22(30)14-17)39-19-8-9-24(36)21(15-19)23-11-12-32-28(31)34-23/h1-15,36H,(H,33,37)(H2,31,32,34). The predicted octanol–water partition coefficient (Wildman–Crippen LogP) is 4.91. The van der Waals surface area contributed by atoms with Gasteiger partial charge in [-0.05, 0) is 72.8 Å². The Hall–Kier alpha value is -5.58. The van der Waals surface area contributed by atoms with Gasteiger partial charge in [-0.3, -0.25) is 14.2 Å². The highest BCUT2D eigenvalue weighted by Gasteiger charge is 2.16. The Bertz CT molecular complexity index is 1760. The van der Waals surface area contributed by atoms with Crippen LogP contribution in [0.1, 0.15) is 10.4 Å². The molecule has 1 amide bonds. The number of carbonyl (C=O) groups is 1. The van der Waals surface area contributed by atoms with Gasteiger partial charge in [0.25, 0.3) is 11.5 Å². The third kappa shape index (κ3) is 5.42. The van der Waals surface area contributed by atoms with E-state index in [1.807, 2.05) is 0 Å². The minimum Gasteiger partial charge on any atom is -0.507 e. The Morgan fingerprint density at radius 3 is 2.54 bits per heavy atom. The van der Waals surface area contributed by atoms with Gasteiger partial charge in [-0.2, -0.15) is 0 Å². The first kappa shape index (κ1) is 25.1. The molecule has 0 saturated heterocycles. The maximum absolute atomic E-state index is 14.9. The number of nitrogen functional groups attached to an aromatic ring is 1. The molecule has 0 aliphatic rings. The summed E-state index contributed by atoms with van der Waals surface area (Å²) in [7, 11) is 0. The second-order valence-electron chi connectivity index (χ2n) is 8.25. The van der Waals surface area contributed by atoms with Gasteiger partial charge in [0.15, 0.2) is 11.6 Å². The average Bonchev–Trinajstić information content (AvgIpc) is 2.92. The van der Waals surface area contributed by atoms with E-state index in [4.69, 9.17) is 10.5 Å². The lowest BCUT2D eigenvalue weighted by Crippen LogP contribution is -2.27. The van der Waals surface area contributed by atoms with Crippen molar-refractivity contribution in [2.45, 2.75) is 0 Å². The molecule has 39 heavy (non-hydrogen) atoms. The normalized spacial score (nSPS) is 10.7. The topological polar surface area (TPSA) is 132 Å². The summed E-state index contributed by atoms with van der Waals surface area (Å²) >= 11 is 0. The maximum atomic E-state index is 14.9. The highest BCUT2D eigenvalue weighted by atomic mass is 19.1. The van der Waals surface area contributed by atoms with Gasteiger partial charge in [0.05, 0.1) is 5.69 Å². The van der Waals surface area contributed by atoms with Gasteiger partial charge in [-0.15, -0.1) is 0 Å². The minimum atomic E-state index is -0.787. The molecule has 2 aromatic heterocycles. The zero-order valence-electron chi connectivity index (χ0n) is 20.0. The van der Waals surface area contributed by atoms with E-state index in [0.717, 1.165) is 6.07 Å². The lowest BCUT2D eigenvalue weighted by Gasteiger charge is -2.12. The van der Waals surface area contributed by atoms with Crippen molar-refractivity contribution in [1.29, 1.82) is 0 Å². The molecule has 3 aromatic carbocycles. The largest absolute Gasteiger partial charge is 0.507 e. The van der Waals surface area contributed by atoms with Crippen LogP contribution in [0.5, 0.6) is 17.2 Å². The maximum Gasteiger partial charge on any atom is 0.267 e. The third-order valence-corrected chi connectivity index (χ3v) is 5.63. The van der Waals surface area contributed by atoms with Crippen molar-refractivity contribution in [3.8, 4) is 34.2 Å². The molecule has 11 heteroatoms. The molecule has 0 bridgehead atoms. The first-order valence-electron chi connectivity index (χ1n) is 11.5. The molecule has 5 rings (SSSR count). The van der Waals surface area contributed by atoms with E-state index in [1.165, 1.54) is 83.7 Å². The van der Waals surface area contributed by atoms with Gasteiger partial charge in [-0.1, -0.05) is 0 Å². The van der Waals surface area contributed by atoms with E-state index >= 15 is 0 Å². The molecule has 2 heterocycles. The first-order valence-corrected chi connectivity index (χ1v) is 11.5. The fourth-order valence-corrected chi connectivity index (χ4v) is 3.77. The summed E-state index contributed by atoms with van der Waals surface area (Å²) in [5, 5.41) is 12.7. The Morgan fingerprint density at radius 2 is 1.79 bits per heavy atom. The van der Waals surface area contributed by atoms with Crippen molar-refractivity contribution in [3.63, 3.8) is 0 Å². The summed E-state index contributed by atoms with van der Waals surface area (Å²) in [6.07, 6.45) is 2.89. The number of phenols is 1. The molecule has 0 saturated carbocycles. The van der Waals surface area contributed by atoms with Crippen LogP contribution >= 0.6 is 0 Å². The third-order valence-electron chi connectivity index (χ3n) is 5.63. The highest BCUT2D eigenvalue weighted by Crippen LogP contribution is 2.34. The molecule has 0 unspecified atom stereocenters. The molecule has 0 aliphatic heterocycles. The minimum absolute atomic E-state index is 0.0202.